The molecule has 0 aromatic heterocycles. The van der Waals surface area contributed by atoms with Gasteiger partial charge in [0, 0.05) is 20.5 Å². The van der Waals surface area contributed by atoms with Crippen LogP contribution < -0.4 is 0 Å². The van der Waals surface area contributed by atoms with E-state index in [1.54, 1.807) is 0 Å². The fraction of sp³-hybridized carbons (Fsp3) is 0.867. The molecule has 0 aliphatic carbocycles. The molecule has 0 saturated heterocycles. The van der Waals surface area contributed by atoms with Crippen molar-refractivity contribution in [3.8, 4) is 0 Å². The monoisotopic (exact) mass is 324 g/mol. The molecule has 22 heavy (non-hydrogen) atoms. The van der Waals surface area contributed by atoms with Crippen LogP contribution in [0.5, 0.6) is 0 Å². The predicted molar refractivity (Wildman–Crippen MR) is 83.8 cm³/mol. The number of aliphatic hydroxyl groups excluding tert-OH is 2. The van der Waals surface area contributed by atoms with Gasteiger partial charge in [-0.1, -0.05) is 33.1 Å². The average Bonchev–Trinajstić information content (AvgIpc) is 2.41. The number of carboxylic acid groups (broad SMARTS) is 2. The van der Waals surface area contributed by atoms with Gasteiger partial charge in [-0.15, -0.1) is 0 Å². The Morgan fingerprint density at radius 1 is 1.05 bits per heavy atom. The van der Waals surface area contributed by atoms with Crippen LogP contribution in [0.4, 0.5) is 0 Å². The molecule has 0 radical (unpaired) electrons. The Labute approximate surface area is 132 Å². The van der Waals surface area contributed by atoms with Crippen LogP contribution in [0.15, 0.2) is 0 Å². The number of hydrogen-bond donors (Lipinski definition) is 4. The molecule has 7 nitrogen and oxygen atoms in total. The highest BCUT2D eigenvalue weighted by Gasteiger charge is 2.07. The number of rotatable bonds is 9. The van der Waals surface area contributed by atoms with Gasteiger partial charge < -0.3 is 25.2 Å². The third kappa shape index (κ3) is 36.4. The maximum absolute atomic E-state index is 9.04. The lowest BCUT2D eigenvalue weighted by atomic mass is 10.0. The molecule has 7 heteroatoms. The van der Waals surface area contributed by atoms with E-state index < -0.39 is 18.0 Å². The highest BCUT2D eigenvalue weighted by Crippen LogP contribution is 2.12. The summed E-state index contributed by atoms with van der Waals surface area (Å²) in [6.45, 7) is 7.24. The van der Waals surface area contributed by atoms with Gasteiger partial charge in [0.1, 0.15) is 6.10 Å². The normalized spacial score (nSPS) is 12.1. The second-order valence-electron chi connectivity index (χ2n) is 4.83. The number of hydrogen-bond acceptors (Lipinski definition) is 5. The van der Waals surface area contributed by atoms with Gasteiger partial charge in [0.15, 0.2) is 0 Å². The molecule has 2 atom stereocenters. The molecule has 134 valence electrons. The van der Waals surface area contributed by atoms with Gasteiger partial charge >= 0.3 is 0 Å². The van der Waals surface area contributed by atoms with E-state index in [1.165, 1.54) is 19.3 Å². The standard InChI is InChI=1S/C11H24O3.2C2H4O2/c1-3-5-6-10(4-2)8-14-9-11(13)7-12;2*1-2(3)4/h10-13H,3-9H2,1-2H3;2*1H3,(H,3,4). The summed E-state index contributed by atoms with van der Waals surface area (Å²) in [6.07, 6.45) is 4.05. The Balaban J connectivity index is -0.000000372. The van der Waals surface area contributed by atoms with Crippen molar-refractivity contribution in [2.75, 3.05) is 19.8 Å². The Hall–Kier alpha value is -1.18. The highest BCUT2D eigenvalue weighted by atomic mass is 16.5. The minimum Gasteiger partial charge on any atom is -0.481 e. The number of aliphatic carboxylic acids is 2. The van der Waals surface area contributed by atoms with Crippen LogP contribution in [0.3, 0.4) is 0 Å². The van der Waals surface area contributed by atoms with Gasteiger partial charge in [-0.25, -0.2) is 0 Å². The lowest BCUT2D eigenvalue weighted by Gasteiger charge is -2.15. The molecule has 0 aliphatic heterocycles. The van der Waals surface area contributed by atoms with Crippen molar-refractivity contribution >= 4 is 11.9 Å². The van der Waals surface area contributed by atoms with Crippen molar-refractivity contribution in [2.24, 2.45) is 5.92 Å². The van der Waals surface area contributed by atoms with Gasteiger partial charge in [-0.2, -0.15) is 0 Å². The quantitative estimate of drug-likeness (QED) is 0.509. The zero-order chi connectivity index (χ0) is 18.0. The lowest BCUT2D eigenvalue weighted by molar-refractivity contribution is -0.135. The fourth-order valence-corrected chi connectivity index (χ4v) is 1.32. The first kappa shape index (κ1) is 25.8. The van der Waals surface area contributed by atoms with E-state index in [1.807, 2.05) is 0 Å². The smallest absolute Gasteiger partial charge is 0.300 e. The molecule has 2 unspecified atom stereocenters. The number of carbonyl (C=O) groups is 2. The molecule has 0 aliphatic rings. The Morgan fingerprint density at radius 3 is 1.82 bits per heavy atom. The van der Waals surface area contributed by atoms with Crippen molar-refractivity contribution in [2.45, 2.75) is 59.5 Å². The van der Waals surface area contributed by atoms with Crippen molar-refractivity contribution in [3.63, 3.8) is 0 Å². The van der Waals surface area contributed by atoms with Crippen LogP contribution in [-0.2, 0) is 14.3 Å². The van der Waals surface area contributed by atoms with E-state index >= 15 is 0 Å². The highest BCUT2D eigenvalue weighted by molar-refractivity contribution is 5.63. The second kappa shape index (κ2) is 19.8. The summed E-state index contributed by atoms with van der Waals surface area (Å²) in [5, 5.41) is 32.4. The van der Waals surface area contributed by atoms with Crippen molar-refractivity contribution in [1.82, 2.24) is 0 Å². The van der Waals surface area contributed by atoms with Gasteiger partial charge in [-0.05, 0) is 12.3 Å². The minimum absolute atomic E-state index is 0.217. The number of aliphatic hydroxyl groups is 2. The second-order valence-corrected chi connectivity index (χ2v) is 4.83. The van der Waals surface area contributed by atoms with Gasteiger partial charge in [0.25, 0.3) is 11.9 Å². The number of unbranched alkanes of at least 4 members (excludes halogenated alkanes) is 1. The summed E-state index contributed by atoms with van der Waals surface area (Å²) < 4.78 is 5.33. The molecule has 4 N–H and O–H groups in total. The molecule has 0 fully saturated rings. The van der Waals surface area contributed by atoms with E-state index in [0.717, 1.165) is 20.3 Å². The third-order valence-corrected chi connectivity index (χ3v) is 2.42. The zero-order valence-electron chi connectivity index (χ0n) is 14.1. The average molecular weight is 324 g/mol. The minimum atomic E-state index is -0.833. The van der Waals surface area contributed by atoms with Crippen LogP contribution in [0.1, 0.15) is 53.4 Å². The molecular weight excluding hydrogens is 292 g/mol. The molecule has 0 saturated carbocycles. The number of carboxylic acids is 2. The summed E-state index contributed by atoms with van der Waals surface area (Å²) >= 11 is 0. The Morgan fingerprint density at radius 2 is 1.50 bits per heavy atom. The van der Waals surface area contributed by atoms with Crippen LogP contribution in [-0.4, -0.2) is 58.3 Å². The maximum Gasteiger partial charge on any atom is 0.300 e. The van der Waals surface area contributed by atoms with Crippen LogP contribution >= 0.6 is 0 Å². The predicted octanol–water partition coefficient (Wildman–Crippen LogP) is 1.75. The SMILES string of the molecule is CC(=O)O.CC(=O)O.CCCCC(CC)COCC(O)CO. The maximum atomic E-state index is 9.04. The molecule has 0 amide bonds. The summed E-state index contributed by atoms with van der Waals surface area (Å²) in [5.41, 5.74) is 0. The van der Waals surface area contributed by atoms with E-state index in [0.29, 0.717) is 12.5 Å². The first-order chi connectivity index (χ1) is 10.2. The molecular formula is C15H32O7. The molecule has 0 aromatic rings. The fourth-order valence-electron chi connectivity index (χ4n) is 1.32. The van der Waals surface area contributed by atoms with Crippen LogP contribution in [0.25, 0.3) is 0 Å². The Kier molecular flexibility index (Phi) is 23.2. The zero-order valence-corrected chi connectivity index (χ0v) is 14.1. The van der Waals surface area contributed by atoms with Gasteiger partial charge in [0.05, 0.1) is 13.2 Å². The van der Waals surface area contributed by atoms with E-state index in [2.05, 4.69) is 13.8 Å². The molecule has 0 bridgehead atoms. The first-order valence-electron chi connectivity index (χ1n) is 7.46. The van der Waals surface area contributed by atoms with Crippen LogP contribution in [0.2, 0.25) is 0 Å². The van der Waals surface area contributed by atoms with Crippen molar-refractivity contribution in [3.05, 3.63) is 0 Å². The molecule has 0 aromatic carbocycles. The third-order valence-electron chi connectivity index (χ3n) is 2.42. The van der Waals surface area contributed by atoms with E-state index in [-0.39, 0.29) is 13.2 Å². The first-order valence-corrected chi connectivity index (χ1v) is 7.46. The summed E-state index contributed by atoms with van der Waals surface area (Å²) in [4.78, 5) is 18.0. The molecule has 0 spiro atoms. The Bertz CT molecular complexity index is 236. The summed E-state index contributed by atoms with van der Waals surface area (Å²) in [5.74, 6) is -1.07. The molecule has 0 heterocycles. The lowest BCUT2D eigenvalue weighted by Crippen LogP contribution is -2.21. The summed E-state index contributed by atoms with van der Waals surface area (Å²) in [7, 11) is 0. The molecule has 0 rings (SSSR count). The van der Waals surface area contributed by atoms with Crippen molar-refractivity contribution < 1.29 is 34.8 Å². The number of ether oxygens (including phenoxy) is 1. The summed E-state index contributed by atoms with van der Waals surface area (Å²) in [6, 6.07) is 0. The van der Waals surface area contributed by atoms with E-state index in [9.17, 15) is 0 Å². The van der Waals surface area contributed by atoms with Crippen LogP contribution in [0, 0.1) is 5.92 Å². The van der Waals surface area contributed by atoms with Gasteiger partial charge in [0.2, 0.25) is 0 Å². The largest absolute Gasteiger partial charge is 0.481 e. The van der Waals surface area contributed by atoms with Crippen molar-refractivity contribution in [1.29, 1.82) is 0 Å². The topological polar surface area (TPSA) is 124 Å². The van der Waals surface area contributed by atoms with E-state index in [4.69, 9.17) is 34.8 Å². The van der Waals surface area contributed by atoms with Gasteiger partial charge in [-0.3, -0.25) is 9.59 Å².